The number of hydrazone groups is 1. The van der Waals surface area contributed by atoms with Gasteiger partial charge in [0.25, 0.3) is 11.5 Å². The second-order valence-electron chi connectivity index (χ2n) is 6.78. The van der Waals surface area contributed by atoms with E-state index < -0.39 is 0 Å². The quantitative estimate of drug-likeness (QED) is 0.142. The minimum Gasteiger partial charge on any atom is -0.272 e. The van der Waals surface area contributed by atoms with Crippen molar-refractivity contribution in [2.24, 2.45) is 5.10 Å². The van der Waals surface area contributed by atoms with Gasteiger partial charge < -0.3 is 0 Å². The van der Waals surface area contributed by atoms with Crippen molar-refractivity contribution < 1.29 is 4.79 Å². The zero-order valence-electron chi connectivity index (χ0n) is 16.8. The number of carbonyl (C=O) groups excluding carboxylic acids is 1. The zero-order chi connectivity index (χ0) is 23.4. The SMILES string of the molecule is O=C(CSc1nc2ccccc2c(=O)n1-c1ccc(Br)cc1)NN=Cc1ccc(Cl)cc1Cl. The Morgan fingerprint density at radius 2 is 1.88 bits per heavy atom. The first-order chi connectivity index (χ1) is 15.9. The number of thioether (sulfide) groups is 1. The highest BCUT2D eigenvalue weighted by Gasteiger charge is 2.14. The lowest BCUT2D eigenvalue weighted by atomic mass is 10.2. The maximum atomic E-state index is 13.2. The summed E-state index contributed by atoms with van der Waals surface area (Å²) in [5.74, 6) is -0.349. The largest absolute Gasteiger partial charge is 0.272 e. The van der Waals surface area contributed by atoms with Crippen LogP contribution in [0.5, 0.6) is 0 Å². The molecule has 0 saturated heterocycles. The van der Waals surface area contributed by atoms with Gasteiger partial charge in [-0.25, -0.2) is 10.4 Å². The third-order valence-corrected chi connectivity index (χ3v) is 6.55. The number of nitrogens with one attached hydrogen (secondary N) is 1. The van der Waals surface area contributed by atoms with Crippen LogP contribution in [0, 0.1) is 0 Å². The summed E-state index contributed by atoms with van der Waals surface area (Å²) >= 11 is 16.5. The van der Waals surface area contributed by atoms with Crippen LogP contribution in [-0.2, 0) is 4.79 Å². The number of rotatable bonds is 6. The number of aromatic nitrogens is 2. The first-order valence-electron chi connectivity index (χ1n) is 9.60. The molecular weight excluding hydrogens is 547 g/mol. The molecule has 3 aromatic carbocycles. The van der Waals surface area contributed by atoms with Crippen LogP contribution in [0.1, 0.15) is 5.56 Å². The molecular formula is C23H15BrCl2N4O2S. The third-order valence-electron chi connectivity index (χ3n) is 4.52. The Balaban J connectivity index is 1.55. The Labute approximate surface area is 211 Å². The summed E-state index contributed by atoms with van der Waals surface area (Å²) in [6.45, 7) is 0. The van der Waals surface area contributed by atoms with E-state index in [0.29, 0.717) is 37.4 Å². The van der Waals surface area contributed by atoms with Gasteiger partial charge in [0.2, 0.25) is 0 Å². The van der Waals surface area contributed by atoms with E-state index >= 15 is 0 Å². The molecule has 4 aromatic rings. The number of benzene rings is 3. The van der Waals surface area contributed by atoms with E-state index in [1.807, 2.05) is 30.3 Å². The minimum atomic E-state index is -0.355. The second kappa shape index (κ2) is 10.5. The average Bonchev–Trinajstić information content (AvgIpc) is 2.80. The molecule has 0 saturated carbocycles. The number of halogens is 3. The van der Waals surface area contributed by atoms with Crippen molar-refractivity contribution in [2.45, 2.75) is 5.16 Å². The lowest BCUT2D eigenvalue weighted by Crippen LogP contribution is -2.24. The number of carbonyl (C=O) groups is 1. The fraction of sp³-hybridized carbons (Fsp3) is 0.0435. The minimum absolute atomic E-state index is 0.00694. The van der Waals surface area contributed by atoms with Crippen LogP contribution >= 0.6 is 50.9 Å². The second-order valence-corrected chi connectivity index (χ2v) is 9.48. The molecule has 4 rings (SSSR count). The highest BCUT2D eigenvalue weighted by atomic mass is 79.9. The molecule has 10 heteroatoms. The highest BCUT2D eigenvalue weighted by molar-refractivity contribution is 9.10. The monoisotopic (exact) mass is 560 g/mol. The Morgan fingerprint density at radius 3 is 2.64 bits per heavy atom. The Kier molecular flexibility index (Phi) is 7.49. The predicted octanol–water partition coefficient (Wildman–Crippen LogP) is 5.70. The number of hydrogen-bond donors (Lipinski definition) is 1. The number of fused-ring (bicyclic) bond motifs is 1. The topological polar surface area (TPSA) is 76.3 Å². The molecule has 166 valence electrons. The number of para-hydroxylation sites is 1. The molecule has 1 heterocycles. The van der Waals surface area contributed by atoms with Crippen molar-refractivity contribution in [2.75, 3.05) is 5.75 Å². The van der Waals surface area contributed by atoms with Crippen LogP contribution in [0.2, 0.25) is 10.0 Å². The fourth-order valence-electron chi connectivity index (χ4n) is 2.97. The Hall–Kier alpha value is -2.65. The van der Waals surface area contributed by atoms with E-state index in [-0.39, 0.29) is 17.2 Å². The summed E-state index contributed by atoms with van der Waals surface area (Å²) in [7, 11) is 0. The Bertz CT molecular complexity index is 1420. The normalized spacial score (nSPS) is 11.2. The van der Waals surface area contributed by atoms with E-state index in [2.05, 4.69) is 31.4 Å². The van der Waals surface area contributed by atoms with E-state index in [9.17, 15) is 9.59 Å². The van der Waals surface area contributed by atoms with Gasteiger partial charge in [-0.2, -0.15) is 5.10 Å². The molecule has 0 radical (unpaired) electrons. The van der Waals surface area contributed by atoms with Crippen molar-refractivity contribution in [3.8, 4) is 5.69 Å². The highest BCUT2D eigenvalue weighted by Crippen LogP contribution is 2.23. The van der Waals surface area contributed by atoms with E-state index in [1.54, 1.807) is 36.4 Å². The molecule has 1 amide bonds. The first-order valence-corrected chi connectivity index (χ1v) is 12.1. The molecule has 0 fully saturated rings. The van der Waals surface area contributed by atoms with Crippen LogP contribution in [0.15, 0.2) is 86.3 Å². The molecule has 0 bridgehead atoms. The number of nitrogens with zero attached hydrogens (tertiary/aromatic N) is 3. The standard InChI is InChI=1S/C23H15BrCl2N4O2S/c24-15-6-9-17(10-7-15)30-22(32)18-3-1-2-4-20(18)28-23(30)33-13-21(31)29-27-12-14-5-8-16(25)11-19(14)26/h1-12H,13H2,(H,29,31). The van der Waals surface area contributed by atoms with Crippen LogP contribution in [0.4, 0.5) is 0 Å². The van der Waals surface area contributed by atoms with Crippen LogP contribution < -0.4 is 11.0 Å². The molecule has 1 N–H and O–H groups in total. The third kappa shape index (κ3) is 5.65. The van der Waals surface area contributed by atoms with Crippen molar-refractivity contribution in [1.82, 2.24) is 15.0 Å². The summed E-state index contributed by atoms with van der Waals surface area (Å²) in [6.07, 6.45) is 1.44. The smallest absolute Gasteiger partial charge is 0.266 e. The molecule has 0 aliphatic rings. The van der Waals surface area contributed by atoms with Crippen molar-refractivity contribution in [3.05, 3.63) is 97.2 Å². The van der Waals surface area contributed by atoms with Crippen LogP contribution in [0.25, 0.3) is 16.6 Å². The molecule has 0 aliphatic carbocycles. The molecule has 0 aliphatic heterocycles. The summed E-state index contributed by atoms with van der Waals surface area (Å²) < 4.78 is 2.39. The van der Waals surface area contributed by atoms with Gasteiger partial charge in [-0.3, -0.25) is 14.2 Å². The molecule has 0 spiro atoms. The van der Waals surface area contributed by atoms with E-state index in [4.69, 9.17) is 23.2 Å². The van der Waals surface area contributed by atoms with Crippen molar-refractivity contribution >= 4 is 73.9 Å². The van der Waals surface area contributed by atoms with Gasteiger partial charge in [-0.15, -0.1) is 0 Å². The molecule has 0 atom stereocenters. The number of amides is 1. The van der Waals surface area contributed by atoms with Gasteiger partial charge in [-0.1, -0.05) is 69.1 Å². The van der Waals surface area contributed by atoms with Gasteiger partial charge in [0, 0.05) is 15.1 Å². The molecule has 1 aromatic heterocycles. The fourth-order valence-corrected chi connectivity index (χ4v) is 4.50. The maximum absolute atomic E-state index is 13.2. The van der Waals surface area contributed by atoms with E-state index in [1.165, 1.54) is 10.8 Å². The summed E-state index contributed by atoms with van der Waals surface area (Å²) in [5, 5.41) is 5.78. The van der Waals surface area contributed by atoms with Gasteiger partial charge in [0.15, 0.2) is 5.16 Å². The predicted molar refractivity (Wildman–Crippen MR) is 138 cm³/mol. The van der Waals surface area contributed by atoms with Gasteiger partial charge in [0.05, 0.1) is 33.6 Å². The number of hydrogen-bond acceptors (Lipinski definition) is 5. The molecule has 33 heavy (non-hydrogen) atoms. The van der Waals surface area contributed by atoms with Crippen molar-refractivity contribution in [1.29, 1.82) is 0 Å². The summed E-state index contributed by atoms with van der Waals surface area (Å²) in [6, 6.07) is 19.4. The van der Waals surface area contributed by atoms with Gasteiger partial charge in [-0.05, 0) is 48.5 Å². The van der Waals surface area contributed by atoms with Gasteiger partial charge >= 0.3 is 0 Å². The van der Waals surface area contributed by atoms with E-state index in [0.717, 1.165) is 16.2 Å². The average molecular weight is 562 g/mol. The van der Waals surface area contributed by atoms with Crippen LogP contribution in [-0.4, -0.2) is 27.4 Å². The molecule has 0 unspecified atom stereocenters. The lowest BCUT2D eigenvalue weighted by Gasteiger charge is -2.13. The summed E-state index contributed by atoms with van der Waals surface area (Å²) in [4.78, 5) is 30.2. The van der Waals surface area contributed by atoms with Crippen molar-refractivity contribution in [3.63, 3.8) is 0 Å². The van der Waals surface area contributed by atoms with Crippen LogP contribution in [0.3, 0.4) is 0 Å². The lowest BCUT2D eigenvalue weighted by molar-refractivity contribution is -0.118. The first kappa shape index (κ1) is 23.5. The summed E-state index contributed by atoms with van der Waals surface area (Å²) in [5.41, 5.74) is 4.09. The maximum Gasteiger partial charge on any atom is 0.266 e. The van der Waals surface area contributed by atoms with Gasteiger partial charge in [0.1, 0.15) is 0 Å². The Morgan fingerprint density at radius 1 is 1.12 bits per heavy atom. The molecule has 6 nitrogen and oxygen atoms in total. The zero-order valence-corrected chi connectivity index (χ0v) is 20.7.